The van der Waals surface area contributed by atoms with Gasteiger partial charge >= 0.3 is 0 Å². The molecule has 78 valence electrons. The molecule has 0 saturated carbocycles. The number of hydrogen-bond acceptors (Lipinski definition) is 3. The van der Waals surface area contributed by atoms with Crippen LogP contribution in [0.2, 0.25) is 0 Å². The van der Waals surface area contributed by atoms with E-state index in [1.165, 1.54) is 6.07 Å². The van der Waals surface area contributed by atoms with Crippen LogP contribution in [0.15, 0.2) is 10.5 Å². The Morgan fingerprint density at radius 1 is 1.64 bits per heavy atom. The molecule has 0 aromatic heterocycles. The fourth-order valence-electron chi connectivity index (χ4n) is 1.19. The van der Waals surface area contributed by atoms with E-state index < -0.39 is 17.7 Å². The Hall–Kier alpha value is -0.650. The first-order valence-electron chi connectivity index (χ1n) is 4.04. The molecule has 0 aliphatic carbocycles. The lowest BCUT2D eigenvalue weighted by Crippen LogP contribution is -2.13. The molecule has 0 aliphatic rings. The van der Waals surface area contributed by atoms with Crippen LogP contribution in [0, 0.1) is 12.7 Å². The first-order valence-corrected chi connectivity index (χ1v) is 4.84. The summed E-state index contributed by atoms with van der Waals surface area (Å²) in [5.41, 5.74) is 5.94. The Morgan fingerprint density at radius 3 is 2.71 bits per heavy atom. The van der Waals surface area contributed by atoms with Crippen LogP contribution in [0.5, 0.6) is 5.75 Å². The molecule has 0 bridgehead atoms. The van der Waals surface area contributed by atoms with Crippen molar-refractivity contribution < 1.29 is 14.6 Å². The van der Waals surface area contributed by atoms with Gasteiger partial charge in [-0.05, 0) is 34.5 Å². The molecule has 14 heavy (non-hydrogen) atoms. The molecule has 1 aromatic carbocycles. The maximum Gasteiger partial charge on any atom is 0.165 e. The van der Waals surface area contributed by atoms with Crippen LogP contribution < -0.4 is 5.73 Å². The summed E-state index contributed by atoms with van der Waals surface area (Å²) in [4.78, 5) is 0. The van der Waals surface area contributed by atoms with Crippen LogP contribution in [0.1, 0.15) is 17.2 Å². The summed E-state index contributed by atoms with van der Waals surface area (Å²) >= 11 is 3.16. The maximum atomic E-state index is 13.1. The molecule has 0 saturated heterocycles. The van der Waals surface area contributed by atoms with E-state index in [0.29, 0.717) is 10.0 Å². The van der Waals surface area contributed by atoms with Crippen molar-refractivity contribution in [2.45, 2.75) is 13.0 Å². The minimum Gasteiger partial charge on any atom is -0.505 e. The Labute approximate surface area is 89.5 Å². The molecule has 0 radical (unpaired) electrons. The number of phenols is 1. The highest BCUT2D eigenvalue weighted by Gasteiger charge is 2.19. The largest absolute Gasteiger partial charge is 0.505 e. The summed E-state index contributed by atoms with van der Waals surface area (Å²) in [6.45, 7) is 1.59. The number of phenolic OH excluding ortho intramolecular Hbond substituents is 1. The Balaban J connectivity index is 3.39. The average molecular weight is 264 g/mol. The van der Waals surface area contributed by atoms with Gasteiger partial charge in [-0.15, -0.1) is 0 Å². The SMILES string of the molecule is Cc1cc(F)c(O)c(C(O)CN)c1Br. The Bertz CT molecular complexity index is 331. The molecular weight excluding hydrogens is 253 g/mol. The lowest BCUT2D eigenvalue weighted by molar-refractivity contribution is 0.180. The summed E-state index contributed by atoms with van der Waals surface area (Å²) in [7, 11) is 0. The first kappa shape index (κ1) is 11.4. The number of benzene rings is 1. The first-order chi connectivity index (χ1) is 6.49. The summed E-state index contributed by atoms with van der Waals surface area (Å²) in [6, 6.07) is 1.19. The summed E-state index contributed by atoms with van der Waals surface area (Å²) < 4.78 is 13.6. The standard InChI is InChI=1S/C9H11BrFNO2/c1-4-2-5(11)9(14)7(8(4)10)6(13)3-12/h2,6,13-14H,3,12H2,1H3. The van der Waals surface area contributed by atoms with Crippen molar-refractivity contribution in [3.05, 3.63) is 27.5 Å². The molecule has 3 nitrogen and oxygen atoms in total. The predicted molar refractivity (Wildman–Crippen MR) is 54.5 cm³/mol. The number of aryl methyl sites for hydroxylation is 1. The number of rotatable bonds is 2. The zero-order valence-electron chi connectivity index (χ0n) is 7.59. The highest BCUT2D eigenvalue weighted by atomic mass is 79.9. The Morgan fingerprint density at radius 2 is 2.21 bits per heavy atom. The van der Waals surface area contributed by atoms with Crippen molar-refractivity contribution in [2.24, 2.45) is 5.73 Å². The number of aliphatic hydroxyl groups is 1. The van der Waals surface area contributed by atoms with Crippen LogP contribution in [0.25, 0.3) is 0 Å². The maximum absolute atomic E-state index is 13.1. The van der Waals surface area contributed by atoms with Gasteiger partial charge in [0, 0.05) is 16.6 Å². The molecule has 1 aromatic rings. The Kier molecular flexibility index (Phi) is 3.47. The van der Waals surface area contributed by atoms with Crippen molar-refractivity contribution in [1.29, 1.82) is 0 Å². The molecule has 1 atom stereocenters. The van der Waals surface area contributed by atoms with Gasteiger partial charge in [-0.2, -0.15) is 0 Å². The van der Waals surface area contributed by atoms with E-state index in [4.69, 9.17) is 5.73 Å². The summed E-state index contributed by atoms with van der Waals surface area (Å²) in [6.07, 6.45) is -1.07. The minimum atomic E-state index is -1.07. The lowest BCUT2D eigenvalue weighted by Gasteiger charge is -2.14. The monoisotopic (exact) mass is 263 g/mol. The van der Waals surface area contributed by atoms with Gasteiger partial charge in [-0.25, -0.2) is 4.39 Å². The molecule has 0 spiro atoms. The zero-order valence-corrected chi connectivity index (χ0v) is 9.18. The minimum absolute atomic E-state index is 0.0744. The number of hydrogen-bond donors (Lipinski definition) is 3. The van der Waals surface area contributed by atoms with E-state index in [-0.39, 0.29) is 12.1 Å². The van der Waals surface area contributed by atoms with Gasteiger partial charge in [0.2, 0.25) is 0 Å². The fraction of sp³-hybridized carbons (Fsp3) is 0.333. The van der Waals surface area contributed by atoms with Crippen LogP contribution in [-0.2, 0) is 0 Å². The van der Waals surface area contributed by atoms with E-state index in [0.717, 1.165) is 0 Å². The van der Waals surface area contributed by atoms with Gasteiger partial charge in [-0.3, -0.25) is 0 Å². The smallest absolute Gasteiger partial charge is 0.165 e. The van der Waals surface area contributed by atoms with Gasteiger partial charge in [0.05, 0.1) is 6.10 Å². The molecule has 5 heteroatoms. The normalized spacial score (nSPS) is 12.9. The number of aliphatic hydroxyl groups excluding tert-OH is 1. The van der Waals surface area contributed by atoms with E-state index in [1.807, 2.05) is 0 Å². The fourth-order valence-corrected chi connectivity index (χ4v) is 1.76. The molecule has 0 aliphatic heterocycles. The van der Waals surface area contributed by atoms with E-state index >= 15 is 0 Å². The average Bonchev–Trinajstić information content (AvgIpc) is 2.15. The third-order valence-corrected chi connectivity index (χ3v) is 3.02. The summed E-state index contributed by atoms with van der Waals surface area (Å²) in [5.74, 6) is -1.31. The predicted octanol–water partition coefficient (Wildman–Crippen LogP) is 1.59. The highest BCUT2D eigenvalue weighted by molar-refractivity contribution is 9.10. The summed E-state index contributed by atoms with van der Waals surface area (Å²) in [5, 5.41) is 18.8. The molecule has 1 rings (SSSR count). The third-order valence-electron chi connectivity index (χ3n) is 1.96. The van der Waals surface area contributed by atoms with Crippen LogP contribution in [0.4, 0.5) is 4.39 Å². The van der Waals surface area contributed by atoms with Crippen molar-refractivity contribution >= 4 is 15.9 Å². The second-order valence-corrected chi connectivity index (χ2v) is 3.80. The van der Waals surface area contributed by atoms with Gasteiger partial charge in [0.25, 0.3) is 0 Å². The van der Waals surface area contributed by atoms with Crippen LogP contribution in [0.3, 0.4) is 0 Å². The molecule has 0 heterocycles. The van der Waals surface area contributed by atoms with Crippen molar-refractivity contribution in [3.8, 4) is 5.75 Å². The zero-order chi connectivity index (χ0) is 10.9. The van der Waals surface area contributed by atoms with Gasteiger partial charge in [-0.1, -0.05) is 0 Å². The molecular formula is C9H11BrFNO2. The second kappa shape index (κ2) is 4.25. The number of nitrogens with two attached hydrogens (primary N) is 1. The van der Waals surface area contributed by atoms with Crippen LogP contribution in [-0.4, -0.2) is 16.8 Å². The number of aromatic hydroxyl groups is 1. The van der Waals surface area contributed by atoms with E-state index in [9.17, 15) is 14.6 Å². The lowest BCUT2D eigenvalue weighted by atomic mass is 10.0. The van der Waals surface area contributed by atoms with Crippen molar-refractivity contribution in [1.82, 2.24) is 0 Å². The second-order valence-electron chi connectivity index (χ2n) is 3.00. The third kappa shape index (κ3) is 1.89. The highest BCUT2D eigenvalue weighted by Crippen LogP contribution is 2.35. The van der Waals surface area contributed by atoms with Gasteiger partial charge in [0.1, 0.15) is 0 Å². The van der Waals surface area contributed by atoms with E-state index in [1.54, 1.807) is 6.92 Å². The van der Waals surface area contributed by atoms with E-state index in [2.05, 4.69) is 15.9 Å². The quantitative estimate of drug-likeness (QED) is 0.760. The van der Waals surface area contributed by atoms with Crippen molar-refractivity contribution in [3.63, 3.8) is 0 Å². The number of halogens is 2. The van der Waals surface area contributed by atoms with Crippen molar-refractivity contribution in [2.75, 3.05) is 6.54 Å². The van der Waals surface area contributed by atoms with Crippen LogP contribution >= 0.6 is 15.9 Å². The molecule has 1 unspecified atom stereocenters. The molecule has 4 N–H and O–H groups in total. The van der Waals surface area contributed by atoms with Gasteiger partial charge in [0.15, 0.2) is 11.6 Å². The van der Waals surface area contributed by atoms with Gasteiger partial charge < -0.3 is 15.9 Å². The topological polar surface area (TPSA) is 66.5 Å². The molecule has 0 amide bonds. The molecule has 0 fully saturated rings.